The molecular weight excluding hydrogens is 308 g/mol. The van der Waals surface area contributed by atoms with E-state index in [2.05, 4.69) is 36.5 Å². The standard InChI is InChI=1S/C19H25ClN2O/c1-3-19(4-2,14-9-11-15(20)12-10-14)21-13-17-16-7-5-6-8-18(16)23-22-17/h9-12,21H,3-8,13H2,1-2H3. The van der Waals surface area contributed by atoms with Gasteiger partial charge in [0, 0.05) is 29.1 Å². The molecule has 3 rings (SSSR count). The number of aromatic nitrogens is 1. The lowest BCUT2D eigenvalue weighted by molar-refractivity contribution is 0.298. The summed E-state index contributed by atoms with van der Waals surface area (Å²) in [6, 6.07) is 8.19. The minimum absolute atomic E-state index is 0.0505. The van der Waals surface area contributed by atoms with Gasteiger partial charge in [0.2, 0.25) is 0 Å². The van der Waals surface area contributed by atoms with E-state index in [0.29, 0.717) is 0 Å². The van der Waals surface area contributed by atoms with E-state index < -0.39 is 0 Å². The number of hydrogen-bond acceptors (Lipinski definition) is 3. The summed E-state index contributed by atoms with van der Waals surface area (Å²) in [6.07, 6.45) is 6.63. The van der Waals surface area contributed by atoms with Gasteiger partial charge in [0.25, 0.3) is 0 Å². The quantitative estimate of drug-likeness (QED) is 0.807. The van der Waals surface area contributed by atoms with Crippen molar-refractivity contribution in [3.63, 3.8) is 0 Å². The number of hydrogen-bond donors (Lipinski definition) is 1. The van der Waals surface area contributed by atoms with Crippen molar-refractivity contribution in [3.8, 4) is 0 Å². The molecule has 1 aromatic heterocycles. The van der Waals surface area contributed by atoms with Gasteiger partial charge in [-0.15, -0.1) is 0 Å². The molecule has 4 heteroatoms. The maximum atomic E-state index is 6.04. The summed E-state index contributed by atoms with van der Waals surface area (Å²) in [6.45, 7) is 5.20. The van der Waals surface area contributed by atoms with Crippen LogP contribution in [0, 0.1) is 0 Å². The Hall–Kier alpha value is -1.32. The van der Waals surface area contributed by atoms with Crippen LogP contribution in [-0.4, -0.2) is 5.16 Å². The van der Waals surface area contributed by atoms with E-state index in [9.17, 15) is 0 Å². The summed E-state index contributed by atoms with van der Waals surface area (Å²) in [5, 5.41) is 8.85. The van der Waals surface area contributed by atoms with Crippen molar-refractivity contribution in [2.45, 2.75) is 64.5 Å². The van der Waals surface area contributed by atoms with Crippen LogP contribution in [0.3, 0.4) is 0 Å². The number of fused-ring (bicyclic) bond motifs is 1. The second kappa shape index (κ2) is 7.06. The Morgan fingerprint density at radius 3 is 2.52 bits per heavy atom. The van der Waals surface area contributed by atoms with Gasteiger partial charge in [-0.05, 0) is 49.8 Å². The molecule has 0 amide bonds. The van der Waals surface area contributed by atoms with Crippen molar-refractivity contribution in [1.29, 1.82) is 0 Å². The van der Waals surface area contributed by atoms with Crippen LogP contribution in [-0.2, 0) is 24.9 Å². The van der Waals surface area contributed by atoms with Crippen molar-refractivity contribution in [2.75, 3.05) is 0 Å². The fourth-order valence-corrected chi connectivity index (χ4v) is 3.75. The second-order valence-electron chi connectivity index (χ2n) is 6.39. The van der Waals surface area contributed by atoms with Gasteiger partial charge in [0.05, 0.1) is 0 Å². The minimum Gasteiger partial charge on any atom is -0.361 e. The monoisotopic (exact) mass is 332 g/mol. The van der Waals surface area contributed by atoms with Gasteiger partial charge in [-0.1, -0.05) is 42.7 Å². The molecule has 124 valence electrons. The third kappa shape index (κ3) is 3.31. The van der Waals surface area contributed by atoms with Crippen molar-refractivity contribution < 1.29 is 4.52 Å². The first kappa shape index (κ1) is 16.5. The molecule has 0 saturated heterocycles. The molecule has 0 atom stereocenters. The van der Waals surface area contributed by atoms with Crippen molar-refractivity contribution in [2.24, 2.45) is 0 Å². The molecule has 23 heavy (non-hydrogen) atoms. The zero-order valence-corrected chi connectivity index (χ0v) is 14.7. The molecule has 1 aliphatic carbocycles. The first-order valence-corrected chi connectivity index (χ1v) is 9.03. The third-order valence-corrected chi connectivity index (χ3v) is 5.48. The largest absolute Gasteiger partial charge is 0.361 e. The van der Waals surface area contributed by atoms with Gasteiger partial charge < -0.3 is 9.84 Å². The fourth-order valence-electron chi connectivity index (χ4n) is 3.62. The van der Waals surface area contributed by atoms with Crippen LogP contribution < -0.4 is 5.32 Å². The highest BCUT2D eigenvalue weighted by molar-refractivity contribution is 6.30. The average molecular weight is 333 g/mol. The zero-order valence-electron chi connectivity index (χ0n) is 14.0. The predicted molar refractivity (Wildman–Crippen MR) is 93.7 cm³/mol. The van der Waals surface area contributed by atoms with Crippen molar-refractivity contribution in [3.05, 3.63) is 51.9 Å². The van der Waals surface area contributed by atoms with E-state index in [0.717, 1.165) is 48.7 Å². The summed E-state index contributed by atoms with van der Waals surface area (Å²) in [7, 11) is 0. The molecule has 1 aliphatic rings. The van der Waals surface area contributed by atoms with Crippen LogP contribution >= 0.6 is 11.6 Å². The van der Waals surface area contributed by atoms with E-state index in [1.165, 1.54) is 24.0 Å². The Labute approximate surface area is 143 Å². The molecule has 0 radical (unpaired) electrons. The number of nitrogens with zero attached hydrogens (tertiary/aromatic N) is 1. The van der Waals surface area contributed by atoms with Gasteiger partial charge >= 0.3 is 0 Å². The number of benzene rings is 1. The number of halogens is 1. The normalized spacial score (nSPS) is 14.7. The molecule has 0 unspecified atom stereocenters. The number of nitrogens with one attached hydrogen (secondary N) is 1. The summed E-state index contributed by atoms with van der Waals surface area (Å²) in [5.74, 6) is 1.10. The topological polar surface area (TPSA) is 38.1 Å². The van der Waals surface area contributed by atoms with E-state index in [4.69, 9.17) is 16.1 Å². The maximum absolute atomic E-state index is 6.04. The molecule has 0 saturated carbocycles. The number of rotatable bonds is 6. The van der Waals surface area contributed by atoms with Crippen molar-refractivity contribution in [1.82, 2.24) is 10.5 Å². The van der Waals surface area contributed by atoms with Gasteiger partial charge in [-0.3, -0.25) is 0 Å². The Morgan fingerprint density at radius 1 is 1.13 bits per heavy atom. The Bertz CT molecular complexity index is 644. The molecule has 1 heterocycles. The van der Waals surface area contributed by atoms with Crippen molar-refractivity contribution >= 4 is 11.6 Å². The summed E-state index contributed by atoms with van der Waals surface area (Å²) >= 11 is 6.04. The van der Waals surface area contributed by atoms with Gasteiger partial charge in [-0.2, -0.15) is 0 Å². The smallest absolute Gasteiger partial charge is 0.140 e. The third-order valence-electron chi connectivity index (χ3n) is 5.23. The first-order valence-electron chi connectivity index (χ1n) is 8.66. The molecule has 3 nitrogen and oxygen atoms in total. The van der Waals surface area contributed by atoms with Crippen LogP contribution in [0.2, 0.25) is 5.02 Å². The number of aryl methyl sites for hydroxylation is 1. The summed E-state index contributed by atoms with van der Waals surface area (Å²) < 4.78 is 5.53. The SMILES string of the molecule is CCC(CC)(NCc1noc2c1CCCC2)c1ccc(Cl)cc1. The average Bonchev–Trinajstić information content (AvgIpc) is 3.01. The highest BCUT2D eigenvalue weighted by Gasteiger charge is 2.29. The maximum Gasteiger partial charge on any atom is 0.140 e. The van der Waals surface area contributed by atoms with E-state index in [-0.39, 0.29) is 5.54 Å². The molecule has 0 aliphatic heterocycles. The Morgan fingerprint density at radius 2 is 1.83 bits per heavy atom. The molecule has 0 spiro atoms. The Balaban J connectivity index is 1.80. The van der Waals surface area contributed by atoms with Crippen LogP contribution in [0.5, 0.6) is 0 Å². The van der Waals surface area contributed by atoms with Crippen LogP contribution in [0.1, 0.15) is 62.1 Å². The minimum atomic E-state index is -0.0505. The Kier molecular flexibility index (Phi) is 5.08. The molecule has 1 aromatic carbocycles. The molecule has 1 N–H and O–H groups in total. The molecular formula is C19H25ClN2O. The van der Waals surface area contributed by atoms with Gasteiger partial charge in [-0.25, -0.2) is 0 Å². The highest BCUT2D eigenvalue weighted by Crippen LogP contribution is 2.31. The predicted octanol–water partition coefficient (Wildman–Crippen LogP) is 5.01. The lowest BCUT2D eigenvalue weighted by Crippen LogP contribution is -2.41. The van der Waals surface area contributed by atoms with Crippen LogP contribution in [0.4, 0.5) is 0 Å². The van der Waals surface area contributed by atoms with Crippen LogP contribution in [0.15, 0.2) is 28.8 Å². The lowest BCUT2D eigenvalue weighted by Gasteiger charge is -2.34. The molecule has 0 bridgehead atoms. The van der Waals surface area contributed by atoms with E-state index in [1.54, 1.807) is 0 Å². The fraction of sp³-hybridized carbons (Fsp3) is 0.526. The van der Waals surface area contributed by atoms with E-state index in [1.807, 2.05) is 12.1 Å². The highest BCUT2D eigenvalue weighted by atomic mass is 35.5. The van der Waals surface area contributed by atoms with E-state index >= 15 is 0 Å². The van der Waals surface area contributed by atoms with Gasteiger partial charge in [0.1, 0.15) is 11.5 Å². The lowest BCUT2D eigenvalue weighted by atomic mass is 9.84. The van der Waals surface area contributed by atoms with Crippen LogP contribution in [0.25, 0.3) is 0 Å². The summed E-state index contributed by atoms with van der Waals surface area (Å²) in [5.41, 5.74) is 3.65. The first-order chi connectivity index (χ1) is 11.2. The van der Waals surface area contributed by atoms with Gasteiger partial charge in [0.15, 0.2) is 0 Å². The summed E-state index contributed by atoms with van der Waals surface area (Å²) in [4.78, 5) is 0. The molecule has 2 aromatic rings. The molecule has 0 fully saturated rings. The zero-order chi connectivity index (χ0) is 16.3. The second-order valence-corrected chi connectivity index (χ2v) is 6.82.